The molecule has 0 spiro atoms. The summed E-state index contributed by atoms with van der Waals surface area (Å²) >= 11 is 0. The predicted octanol–water partition coefficient (Wildman–Crippen LogP) is 3.15. The molecule has 3 aliphatic rings. The van der Waals surface area contributed by atoms with Gasteiger partial charge in [0.25, 0.3) is 0 Å². The summed E-state index contributed by atoms with van der Waals surface area (Å²) in [6, 6.07) is 0. The van der Waals surface area contributed by atoms with Crippen LogP contribution in [0.15, 0.2) is 0 Å². The van der Waals surface area contributed by atoms with Crippen molar-refractivity contribution in [3.8, 4) is 0 Å². The maximum Gasteiger partial charge on any atom is 0.306 e. The van der Waals surface area contributed by atoms with Crippen molar-refractivity contribution < 1.29 is 9.53 Å². The summed E-state index contributed by atoms with van der Waals surface area (Å²) in [7, 11) is 0. The summed E-state index contributed by atoms with van der Waals surface area (Å²) < 4.78 is 5.70. The molecule has 3 fully saturated rings. The van der Waals surface area contributed by atoms with E-state index in [-0.39, 0.29) is 22.9 Å². The summed E-state index contributed by atoms with van der Waals surface area (Å²) in [5.74, 6) is 0.575. The fourth-order valence-electron chi connectivity index (χ4n) is 5.00. The number of carbonyl (C=O) groups excluding carboxylic acids is 1. The lowest BCUT2D eigenvalue weighted by atomic mass is 9.37. The fourth-order valence-corrected chi connectivity index (χ4v) is 5.00. The topological polar surface area (TPSA) is 26.3 Å². The molecular weight excluding hydrogens is 200 g/mol. The monoisotopic (exact) mass is 222 g/mol. The normalized spacial score (nSPS) is 53.6. The number of fused-ring (bicyclic) bond motifs is 1. The Kier molecular flexibility index (Phi) is 1.76. The molecule has 1 aliphatic heterocycles. The molecule has 90 valence electrons. The maximum absolute atomic E-state index is 11.5. The zero-order chi connectivity index (χ0) is 11.8. The van der Waals surface area contributed by atoms with Crippen LogP contribution in [-0.4, -0.2) is 12.1 Å². The standard InChI is InChI=1S/C14H22O2/c1-12(2)6-5-7-13(3)9-8-10(15)16-11(13)14(9,12)4/h9,11H,5-8H2,1-4H3/t9?,11?,13?,14-/m1/s1. The van der Waals surface area contributed by atoms with E-state index in [1.54, 1.807) is 0 Å². The van der Waals surface area contributed by atoms with E-state index in [1.165, 1.54) is 19.3 Å². The smallest absolute Gasteiger partial charge is 0.306 e. The van der Waals surface area contributed by atoms with Gasteiger partial charge in [-0.05, 0) is 24.2 Å². The van der Waals surface area contributed by atoms with Gasteiger partial charge in [-0.15, -0.1) is 0 Å². The quantitative estimate of drug-likeness (QED) is 0.588. The Hall–Kier alpha value is -0.530. The number of esters is 1. The van der Waals surface area contributed by atoms with Gasteiger partial charge in [-0.25, -0.2) is 0 Å². The van der Waals surface area contributed by atoms with Crippen molar-refractivity contribution in [3.05, 3.63) is 0 Å². The van der Waals surface area contributed by atoms with Gasteiger partial charge >= 0.3 is 5.97 Å². The summed E-state index contributed by atoms with van der Waals surface area (Å²) in [5, 5.41) is 0. The first-order valence-electron chi connectivity index (χ1n) is 6.52. The van der Waals surface area contributed by atoms with Crippen molar-refractivity contribution in [1.82, 2.24) is 0 Å². The van der Waals surface area contributed by atoms with Crippen molar-refractivity contribution in [2.24, 2.45) is 22.2 Å². The van der Waals surface area contributed by atoms with Gasteiger partial charge in [0.1, 0.15) is 6.10 Å². The minimum absolute atomic E-state index is 0.0302. The number of hydrogen-bond acceptors (Lipinski definition) is 2. The average molecular weight is 222 g/mol. The zero-order valence-corrected chi connectivity index (χ0v) is 10.8. The molecule has 4 bridgehead atoms. The Morgan fingerprint density at radius 3 is 2.44 bits per heavy atom. The Bertz CT molecular complexity index is 340. The lowest BCUT2D eigenvalue weighted by molar-refractivity contribution is -0.301. The maximum atomic E-state index is 11.5. The van der Waals surface area contributed by atoms with Crippen LogP contribution >= 0.6 is 0 Å². The van der Waals surface area contributed by atoms with Crippen LogP contribution in [0.2, 0.25) is 0 Å². The van der Waals surface area contributed by atoms with E-state index in [9.17, 15) is 4.79 Å². The number of carbonyl (C=O) groups is 1. The molecule has 3 unspecified atom stereocenters. The van der Waals surface area contributed by atoms with Gasteiger partial charge in [0.05, 0.1) is 0 Å². The van der Waals surface area contributed by atoms with E-state index in [2.05, 4.69) is 27.7 Å². The van der Waals surface area contributed by atoms with E-state index in [1.807, 2.05) is 0 Å². The second-order valence-electron chi connectivity index (χ2n) is 7.15. The minimum atomic E-state index is 0.0302. The van der Waals surface area contributed by atoms with Gasteiger partial charge in [0, 0.05) is 17.3 Å². The second kappa shape index (κ2) is 2.65. The third-order valence-corrected chi connectivity index (χ3v) is 6.26. The van der Waals surface area contributed by atoms with E-state index in [0.29, 0.717) is 17.8 Å². The summed E-state index contributed by atoms with van der Waals surface area (Å²) in [6.07, 6.45) is 4.60. The molecule has 4 atom stereocenters. The zero-order valence-electron chi connectivity index (χ0n) is 10.8. The molecule has 0 aromatic carbocycles. The molecule has 1 saturated heterocycles. The van der Waals surface area contributed by atoms with Crippen LogP contribution in [0.5, 0.6) is 0 Å². The van der Waals surface area contributed by atoms with Gasteiger partial charge in [-0.3, -0.25) is 4.79 Å². The lowest BCUT2D eigenvalue weighted by Crippen LogP contribution is -2.73. The first-order valence-corrected chi connectivity index (χ1v) is 6.52. The van der Waals surface area contributed by atoms with Gasteiger partial charge in [0.2, 0.25) is 0 Å². The molecule has 2 saturated carbocycles. The molecule has 3 rings (SSSR count). The van der Waals surface area contributed by atoms with Crippen molar-refractivity contribution in [2.75, 3.05) is 0 Å². The molecule has 2 heteroatoms. The minimum Gasteiger partial charge on any atom is -0.461 e. The molecule has 0 amide bonds. The molecule has 2 nitrogen and oxygen atoms in total. The Morgan fingerprint density at radius 1 is 1.19 bits per heavy atom. The molecule has 0 aromatic heterocycles. The first kappa shape index (κ1) is 10.6. The van der Waals surface area contributed by atoms with E-state index in [0.717, 1.165) is 0 Å². The number of ether oxygens (including phenoxy) is 1. The van der Waals surface area contributed by atoms with E-state index >= 15 is 0 Å². The summed E-state index contributed by atoms with van der Waals surface area (Å²) in [4.78, 5) is 11.5. The van der Waals surface area contributed by atoms with Gasteiger partial charge in [-0.1, -0.05) is 34.1 Å². The van der Waals surface area contributed by atoms with Gasteiger partial charge < -0.3 is 4.74 Å². The predicted molar refractivity (Wildman–Crippen MR) is 61.8 cm³/mol. The van der Waals surface area contributed by atoms with Gasteiger partial charge in [0.15, 0.2) is 0 Å². The number of rotatable bonds is 0. The van der Waals surface area contributed by atoms with Crippen LogP contribution in [0.3, 0.4) is 0 Å². The average Bonchev–Trinajstić information content (AvgIpc) is 2.31. The van der Waals surface area contributed by atoms with Crippen molar-refractivity contribution >= 4 is 5.97 Å². The highest BCUT2D eigenvalue weighted by Gasteiger charge is 2.75. The van der Waals surface area contributed by atoms with Crippen molar-refractivity contribution in [1.29, 1.82) is 0 Å². The Morgan fingerprint density at radius 2 is 1.88 bits per heavy atom. The van der Waals surface area contributed by atoms with E-state index < -0.39 is 0 Å². The van der Waals surface area contributed by atoms with Gasteiger partial charge in [-0.2, -0.15) is 0 Å². The van der Waals surface area contributed by atoms with Crippen LogP contribution < -0.4 is 0 Å². The van der Waals surface area contributed by atoms with Crippen LogP contribution in [0.4, 0.5) is 0 Å². The summed E-state index contributed by atoms with van der Waals surface area (Å²) in [5.41, 5.74) is 0.793. The van der Waals surface area contributed by atoms with Crippen LogP contribution in [0.1, 0.15) is 53.4 Å². The molecule has 0 aromatic rings. The van der Waals surface area contributed by atoms with Crippen molar-refractivity contribution in [3.63, 3.8) is 0 Å². The summed E-state index contributed by atoms with van der Waals surface area (Å²) in [6.45, 7) is 9.40. The van der Waals surface area contributed by atoms with E-state index in [4.69, 9.17) is 4.74 Å². The molecule has 16 heavy (non-hydrogen) atoms. The fraction of sp³-hybridized carbons (Fsp3) is 0.929. The number of hydrogen-bond donors (Lipinski definition) is 0. The van der Waals surface area contributed by atoms with Crippen LogP contribution in [0.25, 0.3) is 0 Å². The molecular formula is C14H22O2. The largest absolute Gasteiger partial charge is 0.461 e. The highest BCUT2D eigenvalue weighted by atomic mass is 16.6. The second-order valence-corrected chi connectivity index (χ2v) is 7.15. The Labute approximate surface area is 97.7 Å². The highest BCUT2D eigenvalue weighted by Crippen LogP contribution is 2.74. The van der Waals surface area contributed by atoms with Crippen LogP contribution in [0, 0.1) is 22.2 Å². The van der Waals surface area contributed by atoms with Crippen molar-refractivity contribution in [2.45, 2.75) is 59.5 Å². The molecule has 1 heterocycles. The SMILES string of the molecule is CC12CCCC(C)(C)[C@]3(C)C1CC(=O)OC23. The first-order chi connectivity index (χ1) is 7.32. The lowest BCUT2D eigenvalue weighted by Gasteiger charge is -2.71. The molecule has 2 aliphatic carbocycles. The molecule has 0 radical (unpaired) electrons. The molecule has 0 N–H and O–H groups in total. The third-order valence-electron chi connectivity index (χ3n) is 6.26. The Balaban J connectivity index is 2.08. The highest BCUT2D eigenvalue weighted by molar-refractivity contribution is 5.73. The third kappa shape index (κ3) is 0.892. The van der Waals surface area contributed by atoms with Crippen LogP contribution in [-0.2, 0) is 9.53 Å².